The van der Waals surface area contributed by atoms with E-state index in [1.165, 1.54) is 0 Å². The summed E-state index contributed by atoms with van der Waals surface area (Å²) >= 11 is 0. The Morgan fingerprint density at radius 1 is 1.32 bits per heavy atom. The van der Waals surface area contributed by atoms with Crippen LogP contribution >= 0.6 is 0 Å². The standard InChI is InChI=1S/C17H25NO7/c18-25-14(20)8-4-7-12(11-5-2-1-3-6-11)9-17(23)16(22)15(21)13(19)10-24-17/h1-3,5-6,12-13,15-16,19,21-23H,4,7-10,18H2/t12?,13-,15+,16-,17+/m1/s1. The number of hydrogen-bond acceptors (Lipinski definition) is 8. The molecule has 1 aliphatic rings. The third-order valence-corrected chi connectivity index (χ3v) is 4.56. The van der Waals surface area contributed by atoms with Gasteiger partial charge in [-0.1, -0.05) is 30.3 Å². The summed E-state index contributed by atoms with van der Waals surface area (Å²) in [5.41, 5.74) is 0.897. The number of rotatable bonds is 7. The molecule has 2 rings (SSSR count). The van der Waals surface area contributed by atoms with Gasteiger partial charge in [0.1, 0.15) is 18.3 Å². The lowest BCUT2D eigenvalue weighted by molar-refractivity contribution is -0.325. The Labute approximate surface area is 145 Å². The molecule has 5 atom stereocenters. The van der Waals surface area contributed by atoms with Gasteiger partial charge in [-0.3, -0.25) is 4.79 Å². The molecule has 1 unspecified atom stereocenters. The van der Waals surface area contributed by atoms with E-state index in [9.17, 15) is 25.2 Å². The lowest BCUT2D eigenvalue weighted by atomic mass is 9.83. The van der Waals surface area contributed by atoms with Gasteiger partial charge in [0.15, 0.2) is 5.79 Å². The summed E-state index contributed by atoms with van der Waals surface area (Å²) in [4.78, 5) is 15.3. The molecule has 0 radical (unpaired) electrons. The van der Waals surface area contributed by atoms with E-state index in [0.29, 0.717) is 12.8 Å². The number of aliphatic hydroxyl groups excluding tert-OH is 3. The van der Waals surface area contributed by atoms with Gasteiger partial charge in [0, 0.05) is 12.8 Å². The third kappa shape index (κ3) is 4.97. The van der Waals surface area contributed by atoms with Gasteiger partial charge in [-0.15, -0.1) is 0 Å². The predicted octanol–water partition coefficient (Wildman–Crippen LogP) is -0.451. The van der Waals surface area contributed by atoms with Crippen LogP contribution in [0.15, 0.2) is 30.3 Å². The van der Waals surface area contributed by atoms with Crippen molar-refractivity contribution in [1.82, 2.24) is 0 Å². The van der Waals surface area contributed by atoms with Crippen LogP contribution < -0.4 is 5.90 Å². The second-order valence-corrected chi connectivity index (χ2v) is 6.35. The summed E-state index contributed by atoms with van der Waals surface area (Å²) in [5.74, 6) is 2.06. The molecular weight excluding hydrogens is 330 g/mol. The summed E-state index contributed by atoms with van der Waals surface area (Å²) in [6.07, 6.45) is -3.30. The van der Waals surface area contributed by atoms with Crippen LogP contribution in [-0.4, -0.2) is 57.1 Å². The van der Waals surface area contributed by atoms with E-state index in [4.69, 9.17) is 10.6 Å². The molecule has 0 saturated carbocycles. The minimum Gasteiger partial charge on any atom is -0.388 e. The molecule has 1 aromatic rings. The van der Waals surface area contributed by atoms with Crippen LogP contribution in [0.1, 0.15) is 37.2 Å². The van der Waals surface area contributed by atoms with Crippen molar-refractivity contribution in [3.63, 3.8) is 0 Å². The highest BCUT2D eigenvalue weighted by Gasteiger charge is 2.49. The van der Waals surface area contributed by atoms with Gasteiger partial charge in [0.25, 0.3) is 0 Å². The molecular formula is C17H25NO7. The van der Waals surface area contributed by atoms with Crippen LogP contribution in [0.5, 0.6) is 0 Å². The van der Waals surface area contributed by atoms with E-state index in [2.05, 4.69) is 4.84 Å². The van der Waals surface area contributed by atoms with Gasteiger partial charge in [-0.05, 0) is 24.3 Å². The summed E-state index contributed by atoms with van der Waals surface area (Å²) < 4.78 is 5.24. The first kappa shape index (κ1) is 19.8. The minimum atomic E-state index is -1.99. The smallest absolute Gasteiger partial charge is 0.324 e. The van der Waals surface area contributed by atoms with E-state index >= 15 is 0 Å². The molecule has 140 valence electrons. The maximum absolute atomic E-state index is 11.2. The van der Waals surface area contributed by atoms with Crippen molar-refractivity contribution < 1.29 is 34.8 Å². The van der Waals surface area contributed by atoms with Crippen molar-refractivity contribution in [1.29, 1.82) is 0 Å². The number of hydrogen-bond donors (Lipinski definition) is 5. The highest BCUT2D eigenvalue weighted by atomic mass is 16.7. The molecule has 0 spiro atoms. The number of benzene rings is 1. The molecule has 8 nitrogen and oxygen atoms in total. The highest BCUT2D eigenvalue weighted by molar-refractivity contribution is 5.68. The Hall–Kier alpha value is -1.55. The van der Waals surface area contributed by atoms with Crippen molar-refractivity contribution >= 4 is 5.97 Å². The van der Waals surface area contributed by atoms with Gasteiger partial charge < -0.3 is 30.0 Å². The summed E-state index contributed by atoms with van der Waals surface area (Å²) in [6.45, 7) is -0.282. The van der Waals surface area contributed by atoms with Crippen LogP contribution in [-0.2, 0) is 14.4 Å². The van der Waals surface area contributed by atoms with E-state index in [0.717, 1.165) is 5.56 Å². The number of aliphatic hydroxyl groups is 4. The monoisotopic (exact) mass is 355 g/mol. The maximum atomic E-state index is 11.2. The van der Waals surface area contributed by atoms with Crippen LogP contribution in [0, 0.1) is 0 Å². The zero-order valence-electron chi connectivity index (χ0n) is 13.8. The Morgan fingerprint density at radius 3 is 2.64 bits per heavy atom. The molecule has 0 bridgehead atoms. The number of nitrogens with two attached hydrogens (primary N) is 1. The van der Waals surface area contributed by atoms with Gasteiger partial charge in [0.05, 0.1) is 6.61 Å². The Balaban J connectivity index is 2.11. The quantitative estimate of drug-likeness (QED) is 0.414. The van der Waals surface area contributed by atoms with Gasteiger partial charge in [-0.25, -0.2) is 0 Å². The topological polar surface area (TPSA) is 142 Å². The van der Waals surface area contributed by atoms with Crippen LogP contribution in [0.2, 0.25) is 0 Å². The second kappa shape index (κ2) is 8.70. The van der Waals surface area contributed by atoms with Gasteiger partial charge >= 0.3 is 5.97 Å². The first-order valence-corrected chi connectivity index (χ1v) is 8.22. The fourth-order valence-corrected chi connectivity index (χ4v) is 3.09. The van der Waals surface area contributed by atoms with Crippen molar-refractivity contribution in [3.05, 3.63) is 35.9 Å². The maximum Gasteiger partial charge on any atom is 0.324 e. The van der Waals surface area contributed by atoms with Crippen LogP contribution in [0.3, 0.4) is 0 Å². The number of carbonyl (C=O) groups is 1. The molecule has 1 heterocycles. The first-order valence-electron chi connectivity index (χ1n) is 8.22. The molecule has 8 heteroatoms. The molecule has 1 aromatic carbocycles. The molecule has 1 aliphatic heterocycles. The molecule has 25 heavy (non-hydrogen) atoms. The zero-order valence-corrected chi connectivity index (χ0v) is 13.8. The second-order valence-electron chi connectivity index (χ2n) is 6.35. The number of ether oxygens (including phenoxy) is 1. The fourth-order valence-electron chi connectivity index (χ4n) is 3.09. The van der Waals surface area contributed by atoms with E-state index in [1.54, 1.807) is 0 Å². The van der Waals surface area contributed by atoms with E-state index in [-0.39, 0.29) is 25.4 Å². The van der Waals surface area contributed by atoms with Gasteiger partial charge in [-0.2, -0.15) is 5.90 Å². The summed E-state index contributed by atoms with van der Waals surface area (Å²) in [5, 5.41) is 40.2. The lowest BCUT2D eigenvalue weighted by Crippen LogP contribution is -2.61. The van der Waals surface area contributed by atoms with Crippen molar-refractivity contribution in [3.8, 4) is 0 Å². The van der Waals surface area contributed by atoms with Crippen molar-refractivity contribution in [2.45, 2.75) is 55.7 Å². The van der Waals surface area contributed by atoms with Crippen LogP contribution in [0.4, 0.5) is 0 Å². The van der Waals surface area contributed by atoms with E-state index < -0.39 is 30.1 Å². The predicted molar refractivity (Wildman–Crippen MR) is 86.9 cm³/mol. The van der Waals surface area contributed by atoms with Crippen molar-refractivity contribution in [2.24, 2.45) is 5.90 Å². The fraction of sp³-hybridized carbons (Fsp3) is 0.588. The molecule has 6 N–H and O–H groups in total. The van der Waals surface area contributed by atoms with Crippen LogP contribution in [0.25, 0.3) is 0 Å². The van der Waals surface area contributed by atoms with Crippen molar-refractivity contribution in [2.75, 3.05) is 6.61 Å². The Morgan fingerprint density at radius 2 is 2.00 bits per heavy atom. The SMILES string of the molecule is NOC(=O)CCCC(C[C@]1(O)OC[C@@H](O)[C@H](O)[C@H]1O)c1ccccc1. The van der Waals surface area contributed by atoms with Gasteiger partial charge in [0.2, 0.25) is 0 Å². The normalized spacial score (nSPS) is 30.7. The minimum absolute atomic E-state index is 0.000364. The Kier molecular flexibility index (Phi) is 6.88. The summed E-state index contributed by atoms with van der Waals surface area (Å²) in [6, 6.07) is 9.28. The van der Waals surface area contributed by atoms with E-state index in [1.807, 2.05) is 30.3 Å². The summed E-state index contributed by atoms with van der Waals surface area (Å²) in [7, 11) is 0. The molecule has 0 aliphatic carbocycles. The molecule has 1 saturated heterocycles. The largest absolute Gasteiger partial charge is 0.388 e. The average Bonchev–Trinajstić information content (AvgIpc) is 2.63. The Bertz CT molecular complexity index is 555. The first-order chi connectivity index (χ1) is 11.9. The highest BCUT2D eigenvalue weighted by Crippen LogP contribution is 2.36. The number of carbonyl (C=O) groups excluding carboxylic acids is 1. The molecule has 0 amide bonds. The third-order valence-electron chi connectivity index (χ3n) is 4.56. The molecule has 0 aromatic heterocycles. The average molecular weight is 355 g/mol. The lowest BCUT2D eigenvalue weighted by Gasteiger charge is -2.43. The zero-order chi connectivity index (χ0) is 18.4. The molecule has 1 fully saturated rings.